The molecule has 0 fully saturated rings. The molecule has 0 atom stereocenters. The molecule has 0 unspecified atom stereocenters. The second-order valence-electron chi connectivity index (χ2n) is 0. The minimum absolute atomic E-state index is 0. The average molecular weight is 350 g/mol. The van der Waals surface area contributed by atoms with Gasteiger partial charge in [-0.05, 0) is 0 Å². The Hall–Kier alpha value is 1.44. The van der Waals surface area contributed by atoms with Crippen LogP contribution in [-0.4, -0.2) is 0 Å². The van der Waals surface area contributed by atoms with E-state index in [4.69, 9.17) is 0 Å². The Morgan fingerprint density at radius 1 is 0.600 bits per heavy atom. The van der Waals surface area contributed by atoms with Crippen LogP contribution in [0.1, 0.15) is 0 Å². The summed E-state index contributed by atoms with van der Waals surface area (Å²) in [5.41, 5.74) is 0. The van der Waals surface area contributed by atoms with Crippen LogP contribution < -0.4 is 0 Å². The van der Waals surface area contributed by atoms with Gasteiger partial charge in [0.25, 0.3) is 0 Å². The van der Waals surface area contributed by atoms with Crippen LogP contribution in [0.25, 0.3) is 0 Å². The van der Waals surface area contributed by atoms with E-state index in [9.17, 15) is 0 Å². The fourth-order valence-electron chi connectivity index (χ4n) is 0. The summed E-state index contributed by atoms with van der Waals surface area (Å²) in [7, 11) is 0. The van der Waals surface area contributed by atoms with Crippen LogP contribution in [0.4, 0.5) is 0 Å². The zero-order chi connectivity index (χ0) is 0. The van der Waals surface area contributed by atoms with Gasteiger partial charge in [-0.1, -0.05) is 0 Å². The molecule has 0 aromatic carbocycles. The SMILES string of the molecule is [Hg+2].[O-2].[O-2].[O-2].[Ru+4]. The quantitative estimate of drug-likeness (QED) is 0.535. The van der Waals surface area contributed by atoms with Gasteiger partial charge in [0.05, 0.1) is 0 Å². The average Bonchev–Trinajstić information content (AvgIpc) is 0. The van der Waals surface area contributed by atoms with Crippen molar-refractivity contribution in [2.45, 2.75) is 0 Å². The van der Waals surface area contributed by atoms with E-state index in [0.29, 0.717) is 0 Å². The predicted molar refractivity (Wildman–Crippen MR) is 2.06 cm³/mol. The van der Waals surface area contributed by atoms with Crippen LogP contribution >= 0.6 is 0 Å². The van der Waals surface area contributed by atoms with Crippen molar-refractivity contribution in [1.29, 1.82) is 0 Å². The van der Waals surface area contributed by atoms with Gasteiger partial charge < -0.3 is 16.4 Å². The van der Waals surface area contributed by atoms with Gasteiger partial charge in [-0.15, -0.1) is 0 Å². The number of hydrogen-bond acceptors (Lipinski definition) is 0. The fourth-order valence-corrected chi connectivity index (χ4v) is 0. The van der Waals surface area contributed by atoms with Gasteiger partial charge in [-0.3, -0.25) is 0 Å². The normalized spacial score (nSPS) is 0. The van der Waals surface area contributed by atoms with Gasteiger partial charge in [-0.2, -0.15) is 0 Å². The van der Waals surface area contributed by atoms with E-state index in [1.165, 1.54) is 0 Å². The molecule has 5 heavy (non-hydrogen) atoms. The summed E-state index contributed by atoms with van der Waals surface area (Å²) in [6, 6.07) is 0. The van der Waals surface area contributed by atoms with Crippen molar-refractivity contribution >= 4 is 0 Å². The molecule has 0 amide bonds. The van der Waals surface area contributed by atoms with E-state index in [1.807, 2.05) is 0 Å². The molecule has 0 radical (unpaired) electrons. The molecule has 0 heterocycles. The summed E-state index contributed by atoms with van der Waals surface area (Å²) >= 11 is 0. The number of rotatable bonds is 0. The summed E-state index contributed by atoms with van der Waals surface area (Å²) in [6.07, 6.45) is 0. The minimum Gasteiger partial charge on any atom is -2.00 e. The van der Waals surface area contributed by atoms with Crippen LogP contribution in [0.5, 0.6) is 0 Å². The molecule has 28 valence electrons. The van der Waals surface area contributed by atoms with Gasteiger partial charge in [0, 0.05) is 0 Å². The molecule has 5 heteroatoms. The second kappa shape index (κ2) is 51.8. The number of hydrogen-bond donors (Lipinski definition) is 0. The van der Waals surface area contributed by atoms with E-state index < -0.39 is 0 Å². The molecule has 0 saturated heterocycles. The Morgan fingerprint density at radius 3 is 0.600 bits per heavy atom. The van der Waals surface area contributed by atoms with Gasteiger partial charge in [-0.25, -0.2) is 0 Å². The Morgan fingerprint density at radius 2 is 0.600 bits per heavy atom. The summed E-state index contributed by atoms with van der Waals surface area (Å²) in [5, 5.41) is 0. The van der Waals surface area contributed by atoms with Gasteiger partial charge >= 0.3 is 47.1 Å². The van der Waals surface area contributed by atoms with Crippen molar-refractivity contribution in [3.05, 3.63) is 0 Å². The zero-order valence-electron chi connectivity index (χ0n) is 2.29. The van der Waals surface area contributed by atoms with Crippen LogP contribution in [0.15, 0.2) is 0 Å². The first-order valence-electron chi connectivity index (χ1n) is 0. The van der Waals surface area contributed by atoms with Crippen LogP contribution in [-0.2, 0) is 63.6 Å². The first kappa shape index (κ1) is 92.0. The van der Waals surface area contributed by atoms with Crippen molar-refractivity contribution in [1.82, 2.24) is 0 Å². The third kappa shape index (κ3) is 31.1. The van der Waals surface area contributed by atoms with Crippen molar-refractivity contribution in [2.75, 3.05) is 0 Å². The van der Waals surface area contributed by atoms with Gasteiger partial charge in [0.2, 0.25) is 0 Å². The molecule has 0 aromatic rings. The zero-order valence-corrected chi connectivity index (χ0v) is 9.52. The Bertz CT molecular complexity index is 6.85. The topological polar surface area (TPSA) is 85.5 Å². The maximum Gasteiger partial charge on any atom is 4.00 e. The van der Waals surface area contributed by atoms with Gasteiger partial charge in [0.1, 0.15) is 0 Å². The van der Waals surface area contributed by atoms with Crippen LogP contribution in [0, 0.1) is 0 Å². The predicted octanol–water partition coefficient (Wildman–Crippen LogP) is -0.361. The summed E-state index contributed by atoms with van der Waals surface area (Å²) in [5.74, 6) is 0. The maximum absolute atomic E-state index is 0. The molecule has 0 aliphatic heterocycles. The fraction of sp³-hybridized carbons (Fsp3) is 0. The molecule has 0 rings (SSSR count). The van der Waals surface area contributed by atoms with E-state index >= 15 is 0 Å². The van der Waals surface area contributed by atoms with E-state index in [-0.39, 0.29) is 63.6 Å². The standard InChI is InChI=1S/Hg.3O.Ru/q+2;3*-2;+4. The summed E-state index contributed by atoms with van der Waals surface area (Å²) in [4.78, 5) is 0. The van der Waals surface area contributed by atoms with E-state index in [2.05, 4.69) is 0 Å². The van der Waals surface area contributed by atoms with Gasteiger partial charge in [0.15, 0.2) is 0 Å². The third-order valence-corrected chi connectivity index (χ3v) is 0. The Balaban J connectivity index is 0. The van der Waals surface area contributed by atoms with Crippen molar-refractivity contribution in [3.8, 4) is 0 Å². The van der Waals surface area contributed by atoms with Crippen molar-refractivity contribution in [3.63, 3.8) is 0 Å². The molecular formula is HgO3Ru. The van der Waals surface area contributed by atoms with Crippen molar-refractivity contribution in [2.24, 2.45) is 0 Å². The van der Waals surface area contributed by atoms with Crippen molar-refractivity contribution < 1.29 is 63.6 Å². The minimum atomic E-state index is 0. The first-order valence-corrected chi connectivity index (χ1v) is 0. The van der Waals surface area contributed by atoms with Crippen LogP contribution in [0.2, 0.25) is 0 Å². The maximum atomic E-state index is 0. The largest absolute Gasteiger partial charge is 4.00 e. The molecule has 3 nitrogen and oxygen atoms in total. The van der Waals surface area contributed by atoms with E-state index in [0.717, 1.165) is 0 Å². The monoisotopic (exact) mass is 352 g/mol. The third-order valence-electron chi connectivity index (χ3n) is 0. The summed E-state index contributed by atoms with van der Waals surface area (Å²) < 4.78 is 0. The molecule has 0 aliphatic carbocycles. The van der Waals surface area contributed by atoms with Crippen LogP contribution in [0.3, 0.4) is 0 Å². The summed E-state index contributed by atoms with van der Waals surface area (Å²) in [6.45, 7) is 0. The first-order chi connectivity index (χ1) is 0. The molecule has 0 aliphatic rings. The van der Waals surface area contributed by atoms with E-state index in [1.54, 1.807) is 0 Å². The molecular weight excluding hydrogens is 350 g/mol. The molecule has 0 N–H and O–H groups in total. The smallest absolute Gasteiger partial charge is 2.00 e. The Kier molecular flexibility index (Phi) is 953. The second-order valence-corrected chi connectivity index (χ2v) is 0. The molecule has 0 bridgehead atoms. The molecule has 0 spiro atoms. The molecule has 0 saturated carbocycles. The molecule has 0 aromatic heterocycles. The Labute approximate surface area is 63.3 Å².